The van der Waals surface area contributed by atoms with E-state index < -0.39 is 6.04 Å². The molecule has 0 radical (unpaired) electrons. The van der Waals surface area contributed by atoms with Crippen LogP contribution in [0.2, 0.25) is 0 Å². The van der Waals surface area contributed by atoms with E-state index in [1.165, 1.54) is 11.3 Å². The molecule has 0 spiro atoms. The number of amides is 1. The number of anilines is 1. The van der Waals surface area contributed by atoms with Crippen LogP contribution in [-0.4, -0.2) is 17.1 Å². The van der Waals surface area contributed by atoms with Gasteiger partial charge in [0.2, 0.25) is 0 Å². The third kappa shape index (κ3) is 7.25. The summed E-state index contributed by atoms with van der Waals surface area (Å²) in [6.45, 7) is 4.62. The molecular weight excluding hydrogens is 850 g/mol. The largest absolute Gasteiger partial charge is 0.494 e. The van der Waals surface area contributed by atoms with Crippen molar-refractivity contribution in [3.63, 3.8) is 0 Å². The van der Waals surface area contributed by atoms with Crippen LogP contribution in [0.1, 0.15) is 42.1 Å². The molecule has 240 valence electrons. The van der Waals surface area contributed by atoms with Crippen molar-refractivity contribution >= 4 is 74.2 Å². The molecule has 1 aliphatic rings. The van der Waals surface area contributed by atoms with Gasteiger partial charge in [-0.2, -0.15) is 5.26 Å². The van der Waals surface area contributed by atoms with E-state index in [4.69, 9.17) is 19.7 Å². The molecule has 1 amide bonds. The highest BCUT2D eigenvalue weighted by Crippen LogP contribution is 2.33. The number of hydrogen-bond acceptors (Lipinski definition) is 7. The van der Waals surface area contributed by atoms with Crippen molar-refractivity contribution in [1.29, 1.82) is 5.26 Å². The average molecular weight is 879 g/mol. The molecule has 48 heavy (non-hydrogen) atoms. The fourth-order valence-electron chi connectivity index (χ4n) is 5.34. The van der Waals surface area contributed by atoms with Crippen LogP contribution in [0.5, 0.6) is 11.5 Å². The van der Waals surface area contributed by atoms with Gasteiger partial charge in [-0.3, -0.25) is 14.2 Å². The summed E-state index contributed by atoms with van der Waals surface area (Å²) in [4.78, 5) is 33.3. The Bertz CT molecular complexity index is 2230. The fourth-order valence-corrected chi connectivity index (χ4v) is 8.52. The first kappa shape index (κ1) is 33.6. The molecule has 0 aliphatic carbocycles. The topological polar surface area (TPSA) is 106 Å². The van der Waals surface area contributed by atoms with Crippen molar-refractivity contribution in [3.05, 3.63) is 151 Å². The van der Waals surface area contributed by atoms with E-state index in [1.807, 2.05) is 91.9 Å². The molecule has 1 N–H and O–H groups in total. The number of nitrogens with one attached hydrogen (secondary N) is 1. The number of benzene rings is 4. The number of rotatable bonds is 9. The summed E-state index contributed by atoms with van der Waals surface area (Å²) >= 11 is 5.78. The summed E-state index contributed by atoms with van der Waals surface area (Å²) < 4.78 is 15.7. The molecule has 0 saturated carbocycles. The Morgan fingerprint density at radius 3 is 2.35 bits per heavy atom. The highest BCUT2D eigenvalue weighted by Gasteiger charge is 2.32. The molecule has 6 rings (SSSR count). The summed E-state index contributed by atoms with van der Waals surface area (Å²) in [5.74, 6) is 1.13. The molecule has 4 aromatic carbocycles. The summed E-state index contributed by atoms with van der Waals surface area (Å²) in [7, 11) is 0. The zero-order valence-electron chi connectivity index (χ0n) is 25.9. The number of halogens is 2. The van der Waals surface area contributed by atoms with E-state index in [-0.39, 0.29) is 11.5 Å². The van der Waals surface area contributed by atoms with Crippen molar-refractivity contribution in [2.45, 2.75) is 26.5 Å². The third-order valence-corrected chi connectivity index (χ3v) is 10.2. The Morgan fingerprint density at radius 2 is 1.71 bits per heavy atom. The lowest BCUT2D eigenvalue weighted by Gasteiger charge is -2.25. The van der Waals surface area contributed by atoms with Gasteiger partial charge < -0.3 is 14.8 Å². The quantitative estimate of drug-likeness (QED) is 0.162. The number of hydrogen-bond donors (Lipinski definition) is 1. The van der Waals surface area contributed by atoms with E-state index in [0.717, 1.165) is 29.6 Å². The van der Waals surface area contributed by atoms with Crippen LogP contribution in [-0.2, 0) is 11.4 Å². The minimum Gasteiger partial charge on any atom is -0.494 e. The Labute approximate surface area is 308 Å². The maximum absolute atomic E-state index is 14.2. The number of carbonyl (C=O) groups is 1. The van der Waals surface area contributed by atoms with Crippen molar-refractivity contribution < 1.29 is 14.3 Å². The first-order valence-electron chi connectivity index (χ1n) is 15.0. The molecule has 11 heteroatoms. The Hall–Kier alpha value is -4.26. The molecule has 2 heterocycles. The van der Waals surface area contributed by atoms with Gasteiger partial charge in [0.05, 0.1) is 47.2 Å². The van der Waals surface area contributed by atoms with Crippen LogP contribution in [0.25, 0.3) is 6.08 Å². The highest BCUT2D eigenvalue weighted by atomic mass is 127. The van der Waals surface area contributed by atoms with E-state index in [0.29, 0.717) is 50.8 Å². The molecule has 8 nitrogen and oxygen atoms in total. The first-order valence-corrected chi connectivity index (χ1v) is 18.0. The van der Waals surface area contributed by atoms with Crippen LogP contribution in [0.3, 0.4) is 0 Å². The van der Waals surface area contributed by atoms with Crippen LogP contribution in [0, 0.1) is 18.5 Å². The van der Waals surface area contributed by atoms with Crippen molar-refractivity contribution in [2.75, 3.05) is 11.9 Å². The van der Waals surface area contributed by atoms with E-state index in [2.05, 4.69) is 56.6 Å². The molecular formula is C37H28I2N4O4S. The third-order valence-electron chi connectivity index (χ3n) is 7.59. The predicted octanol–water partition coefficient (Wildman–Crippen LogP) is 6.93. The second-order valence-corrected chi connectivity index (χ2v) is 14.1. The van der Waals surface area contributed by atoms with E-state index >= 15 is 0 Å². The highest BCUT2D eigenvalue weighted by molar-refractivity contribution is 14.1. The molecule has 0 unspecified atom stereocenters. The zero-order chi connectivity index (χ0) is 33.8. The van der Waals surface area contributed by atoms with E-state index in [1.54, 1.807) is 23.6 Å². The molecule has 1 aromatic heterocycles. The number of thiazole rings is 1. The van der Waals surface area contributed by atoms with Gasteiger partial charge in [-0.25, -0.2) is 4.99 Å². The smallest absolute Gasteiger partial charge is 0.271 e. The molecule has 1 atom stereocenters. The van der Waals surface area contributed by atoms with Gasteiger partial charge in [0.15, 0.2) is 4.80 Å². The zero-order valence-corrected chi connectivity index (χ0v) is 31.0. The second-order valence-electron chi connectivity index (χ2n) is 10.8. The van der Waals surface area contributed by atoms with Gasteiger partial charge in [0.25, 0.3) is 11.5 Å². The molecule has 5 aromatic rings. The van der Waals surface area contributed by atoms with Gasteiger partial charge in [-0.15, -0.1) is 0 Å². The summed E-state index contributed by atoms with van der Waals surface area (Å²) in [5.41, 5.74) is 4.53. The summed E-state index contributed by atoms with van der Waals surface area (Å²) in [5, 5.41) is 12.0. The number of para-hydroxylation sites is 1. The predicted molar refractivity (Wildman–Crippen MR) is 204 cm³/mol. The van der Waals surface area contributed by atoms with E-state index in [9.17, 15) is 9.59 Å². The Balaban J connectivity index is 1.37. The van der Waals surface area contributed by atoms with Gasteiger partial charge in [-0.05, 0) is 130 Å². The minimum atomic E-state index is -0.693. The SMILES string of the molecule is CCOc1ccc([C@@H]2C(C(=O)Nc3ccccc3)=C(C)N=c3s/c(=C\c4cc(I)c(OCc5ccc(C#N)cc5)c(I)c4)c(=O)n32)cc1. The van der Waals surface area contributed by atoms with Crippen LogP contribution in [0.15, 0.2) is 112 Å². The van der Waals surface area contributed by atoms with Crippen LogP contribution in [0.4, 0.5) is 5.69 Å². The normalized spacial score (nSPS) is 14.1. The van der Waals surface area contributed by atoms with Crippen molar-refractivity contribution in [2.24, 2.45) is 4.99 Å². The molecule has 0 bridgehead atoms. The fraction of sp³-hybridized carbons (Fsp3) is 0.135. The summed E-state index contributed by atoms with van der Waals surface area (Å²) in [6, 6.07) is 29.4. The van der Waals surface area contributed by atoms with Gasteiger partial charge in [0.1, 0.15) is 18.1 Å². The van der Waals surface area contributed by atoms with Gasteiger partial charge >= 0.3 is 0 Å². The van der Waals surface area contributed by atoms with Crippen molar-refractivity contribution in [3.8, 4) is 17.6 Å². The molecule has 0 saturated heterocycles. The number of ether oxygens (including phenoxy) is 2. The monoisotopic (exact) mass is 878 g/mol. The maximum atomic E-state index is 14.2. The van der Waals surface area contributed by atoms with Crippen molar-refractivity contribution in [1.82, 2.24) is 4.57 Å². The average Bonchev–Trinajstić information content (AvgIpc) is 3.38. The lowest BCUT2D eigenvalue weighted by atomic mass is 9.95. The number of nitrogens with zero attached hydrogens (tertiary/aromatic N) is 3. The van der Waals surface area contributed by atoms with Gasteiger partial charge in [0, 0.05) is 5.69 Å². The Kier molecular flexibility index (Phi) is 10.4. The number of fused-ring (bicyclic) bond motifs is 1. The maximum Gasteiger partial charge on any atom is 0.271 e. The minimum absolute atomic E-state index is 0.235. The number of carbonyl (C=O) groups excluding carboxylic acids is 1. The first-order chi connectivity index (χ1) is 23.2. The Morgan fingerprint density at radius 1 is 1.02 bits per heavy atom. The number of allylic oxidation sites excluding steroid dienone is 1. The summed E-state index contributed by atoms with van der Waals surface area (Å²) in [6.07, 6.45) is 1.86. The lowest BCUT2D eigenvalue weighted by molar-refractivity contribution is -0.113. The molecule has 0 fully saturated rings. The van der Waals surface area contributed by atoms with Gasteiger partial charge in [-0.1, -0.05) is 53.8 Å². The number of nitriles is 1. The molecule has 1 aliphatic heterocycles. The second kappa shape index (κ2) is 14.9. The standard InChI is InChI=1S/C37H28I2N4O4S/c1-3-46-28-15-13-26(14-16-28)33-32(35(44)42-27-7-5-4-6-8-27)22(2)41-37-43(33)36(45)31(48-37)19-25-17-29(38)34(30(39)18-25)47-21-24-11-9-23(20-40)10-12-24/h4-19,33H,3,21H2,1-2H3,(H,42,44)/b31-19-/t33-/m1/s1. The van der Waals surface area contributed by atoms with Crippen LogP contribution >= 0.6 is 56.5 Å². The lowest BCUT2D eigenvalue weighted by Crippen LogP contribution is -2.40. The number of aromatic nitrogens is 1. The van der Waals surface area contributed by atoms with Crippen LogP contribution < -0.4 is 29.7 Å².